The standard InChI is InChI=1S/C22H25F3N2O5/c1-13-17(19(29)32-3)21(22(23,24)25,20(30)27(13)15-9-5-4-6-10-15)26-18(28)14-8-7-11-16(12-14)31-2/h7-8,11-12,15H,4-6,9-10H2,1-3H3,(H,26,28). The summed E-state index contributed by atoms with van der Waals surface area (Å²) in [5.41, 5.74) is -4.78. The summed E-state index contributed by atoms with van der Waals surface area (Å²) in [5, 5.41) is 1.85. The van der Waals surface area contributed by atoms with E-state index in [1.165, 1.54) is 38.3 Å². The Morgan fingerprint density at radius 1 is 1.16 bits per heavy atom. The molecule has 0 saturated heterocycles. The second-order valence-corrected chi connectivity index (χ2v) is 7.85. The van der Waals surface area contributed by atoms with Crippen LogP contribution in [0.5, 0.6) is 5.75 Å². The molecule has 0 spiro atoms. The number of rotatable bonds is 5. The van der Waals surface area contributed by atoms with Crippen molar-refractivity contribution in [1.29, 1.82) is 0 Å². The summed E-state index contributed by atoms with van der Waals surface area (Å²) >= 11 is 0. The van der Waals surface area contributed by atoms with Crippen molar-refractivity contribution in [2.75, 3.05) is 14.2 Å². The summed E-state index contributed by atoms with van der Waals surface area (Å²) in [5.74, 6) is -3.64. The summed E-state index contributed by atoms with van der Waals surface area (Å²) in [4.78, 5) is 39.9. The van der Waals surface area contributed by atoms with Crippen LogP contribution in [-0.4, -0.2) is 54.7 Å². The van der Waals surface area contributed by atoms with Crippen molar-refractivity contribution >= 4 is 17.8 Å². The normalized spacial score (nSPS) is 22.2. The Balaban J connectivity index is 2.13. The Morgan fingerprint density at radius 2 is 1.81 bits per heavy atom. The number of alkyl halides is 3. The number of benzene rings is 1. The SMILES string of the molecule is COC(=O)C1=C(C)N(C2CCCCC2)C(=O)C1(NC(=O)c1cccc(OC)c1)C(F)(F)F. The fourth-order valence-corrected chi connectivity index (χ4v) is 4.47. The third-order valence-corrected chi connectivity index (χ3v) is 6.03. The maximum atomic E-state index is 14.6. The number of carbonyl (C=O) groups excluding carboxylic acids is 3. The van der Waals surface area contributed by atoms with Crippen LogP contribution in [0.3, 0.4) is 0 Å². The molecule has 1 aliphatic heterocycles. The maximum Gasteiger partial charge on any atom is 0.425 e. The van der Waals surface area contributed by atoms with Crippen LogP contribution in [0.4, 0.5) is 13.2 Å². The van der Waals surface area contributed by atoms with Crippen LogP contribution in [0, 0.1) is 0 Å². The van der Waals surface area contributed by atoms with Gasteiger partial charge in [-0.25, -0.2) is 4.79 Å². The van der Waals surface area contributed by atoms with Gasteiger partial charge in [-0.2, -0.15) is 13.2 Å². The van der Waals surface area contributed by atoms with Gasteiger partial charge in [0, 0.05) is 17.3 Å². The molecule has 1 aromatic rings. The highest BCUT2D eigenvalue weighted by Gasteiger charge is 2.71. The smallest absolute Gasteiger partial charge is 0.425 e. The summed E-state index contributed by atoms with van der Waals surface area (Å²) in [7, 11) is 2.28. The monoisotopic (exact) mass is 454 g/mol. The molecule has 2 aliphatic rings. The van der Waals surface area contributed by atoms with Crippen LogP contribution in [0.2, 0.25) is 0 Å². The summed E-state index contributed by atoms with van der Waals surface area (Å²) in [6.45, 7) is 1.28. The van der Waals surface area contributed by atoms with Crippen LogP contribution >= 0.6 is 0 Å². The summed E-state index contributed by atoms with van der Waals surface area (Å²) < 4.78 is 53.5. The topological polar surface area (TPSA) is 84.9 Å². The second kappa shape index (κ2) is 8.84. The number of esters is 1. The molecule has 1 aliphatic carbocycles. The van der Waals surface area contributed by atoms with Crippen molar-refractivity contribution in [3.05, 3.63) is 41.1 Å². The number of amides is 2. The molecule has 0 radical (unpaired) electrons. The number of nitrogens with zero attached hydrogens (tertiary/aromatic N) is 1. The van der Waals surface area contributed by atoms with E-state index in [-0.39, 0.29) is 17.0 Å². The van der Waals surface area contributed by atoms with E-state index in [2.05, 4.69) is 4.74 Å². The van der Waals surface area contributed by atoms with Crippen LogP contribution in [-0.2, 0) is 14.3 Å². The van der Waals surface area contributed by atoms with Crippen molar-refractivity contribution < 1.29 is 37.0 Å². The number of nitrogens with one attached hydrogen (secondary N) is 1. The molecule has 1 aromatic carbocycles. The molecular formula is C22H25F3N2O5. The third kappa shape index (κ3) is 3.82. The number of hydrogen-bond acceptors (Lipinski definition) is 5. The van der Waals surface area contributed by atoms with Gasteiger partial charge in [-0.15, -0.1) is 0 Å². The lowest BCUT2D eigenvalue weighted by molar-refractivity contribution is -0.193. The van der Waals surface area contributed by atoms with Gasteiger partial charge in [-0.3, -0.25) is 9.59 Å². The number of ether oxygens (including phenoxy) is 2. The zero-order valence-electron chi connectivity index (χ0n) is 18.0. The molecule has 32 heavy (non-hydrogen) atoms. The van der Waals surface area contributed by atoms with Gasteiger partial charge in [0.05, 0.1) is 14.2 Å². The highest BCUT2D eigenvalue weighted by Crippen LogP contribution is 2.47. The van der Waals surface area contributed by atoms with Crippen LogP contribution in [0.25, 0.3) is 0 Å². The fourth-order valence-electron chi connectivity index (χ4n) is 4.47. The average Bonchev–Trinajstić information content (AvgIpc) is 3.00. The minimum absolute atomic E-state index is 0.154. The highest BCUT2D eigenvalue weighted by atomic mass is 19.4. The Bertz CT molecular complexity index is 953. The van der Waals surface area contributed by atoms with E-state index >= 15 is 0 Å². The second-order valence-electron chi connectivity index (χ2n) is 7.85. The molecule has 1 fully saturated rings. The van der Waals surface area contributed by atoms with E-state index in [9.17, 15) is 27.6 Å². The Labute approximate surface area is 183 Å². The fraction of sp³-hybridized carbons (Fsp3) is 0.500. The van der Waals surface area contributed by atoms with E-state index in [0.29, 0.717) is 12.8 Å². The number of methoxy groups -OCH3 is 2. The van der Waals surface area contributed by atoms with Gasteiger partial charge in [-0.05, 0) is 38.0 Å². The van der Waals surface area contributed by atoms with E-state index in [4.69, 9.17) is 4.74 Å². The minimum atomic E-state index is -5.30. The van der Waals surface area contributed by atoms with E-state index in [0.717, 1.165) is 31.3 Å². The quantitative estimate of drug-likeness (QED) is 0.690. The summed E-state index contributed by atoms with van der Waals surface area (Å²) in [6, 6.07) is 4.99. The minimum Gasteiger partial charge on any atom is -0.497 e. The lowest BCUT2D eigenvalue weighted by atomic mass is 9.88. The molecule has 1 saturated carbocycles. The number of hydrogen-bond donors (Lipinski definition) is 1. The van der Waals surface area contributed by atoms with Crippen molar-refractivity contribution in [1.82, 2.24) is 10.2 Å². The molecule has 2 amide bonds. The first-order valence-electron chi connectivity index (χ1n) is 10.2. The molecule has 1 unspecified atom stereocenters. The van der Waals surface area contributed by atoms with Crippen LogP contribution in [0.1, 0.15) is 49.4 Å². The van der Waals surface area contributed by atoms with Gasteiger partial charge in [0.2, 0.25) is 0 Å². The Kier molecular flexibility index (Phi) is 6.52. The largest absolute Gasteiger partial charge is 0.497 e. The molecule has 1 N–H and O–H groups in total. The van der Waals surface area contributed by atoms with Crippen molar-refractivity contribution in [2.24, 2.45) is 0 Å². The van der Waals surface area contributed by atoms with Crippen molar-refractivity contribution in [2.45, 2.75) is 56.8 Å². The maximum absolute atomic E-state index is 14.6. The molecule has 0 aromatic heterocycles. The molecule has 7 nitrogen and oxygen atoms in total. The first-order chi connectivity index (χ1) is 15.1. The van der Waals surface area contributed by atoms with Gasteiger partial charge in [-0.1, -0.05) is 25.3 Å². The van der Waals surface area contributed by atoms with E-state index in [1.54, 1.807) is 0 Å². The predicted molar refractivity (Wildman–Crippen MR) is 108 cm³/mol. The molecule has 1 atom stereocenters. The van der Waals surface area contributed by atoms with Gasteiger partial charge in [0.25, 0.3) is 17.4 Å². The van der Waals surface area contributed by atoms with E-state index < -0.39 is 41.1 Å². The third-order valence-electron chi connectivity index (χ3n) is 6.03. The first kappa shape index (κ1) is 23.6. The predicted octanol–water partition coefficient (Wildman–Crippen LogP) is 3.35. The van der Waals surface area contributed by atoms with Gasteiger partial charge in [0.15, 0.2) is 0 Å². The van der Waals surface area contributed by atoms with Gasteiger partial charge < -0.3 is 19.7 Å². The number of carbonyl (C=O) groups is 3. The first-order valence-corrected chi connectivity index (χ1v) is 10.2. The number of halogens is 3. The Hall–Kier alpha value is -3.04. The van der Waals surface area contributed by atoms with Crippen molar-refractivity contribution in [3.8, 4) is 5.75 Å². The number of allylic oxidation sites excluding steroid dienone is 1. The molecule has 0 bridgehead atoms. The molecule has 174 valence electrons. The average molecular weight is 454 g/mol. The molecule has 10 heteroatoms. The zero-order chi connectivity index (χ0) is 23.7. The van der Waals surface area contributed by atoms with Crippen LogP contribution in [0.15, 0.2) is 35.5 Å². The lowest BCUT2D eigenvalue weighted by Crippen LogP contribution is -2.66. The van der Waals surface area contributed by atoms with E-state index in [1.807, 2.05) is 5.32 Å². The Morgan fingerprint density at radius 3 is 2.38 bits per heavy atom. The van der Waals surface area contributed by atoms with Gasteiger partial charge in [0.1, 0.15) is 11.3 Å². The zero-order valence-corrected chi connectivity index (χ0v) is 18.0. The highest BCUT2D eigenvalue weighted by molar-refractivity contribution is 6.11. The van der Waals surface area contributed by atoms with Gasteiger partial charge >= 0.3 is 12.1 Å². The molecular weight excluding hydrogens is 429 g/mol. The summed E-state index contributed by atoms with van der Waals surface area (Å²) in [6.07, 6.45) is -1.85. The van der Waals surface area contributed by atoms with Crippen LogP contribution < -0.4 is 10.1 Å². The molecule has 3 rings (SSSR count). The lowest BCUT2D eigenvalue weighted by Gasteiger charge is -2.36. The van der Waals surface area contributed by atoms with Crippen molar-refractivity contribution in [3.63, 3.8) is 0 Å². The molecule has 1 heterocycles.